The van der Waals surface area contributed by atoms with E-state index in [9.17, 15) is 0 Å². The Balaban J connectivity index is 2.20. The fourth-order valence-electron chi connectivity index (χ4n) is 2.17. The first-order valence-electron chi connectivity index (χ1n) is 6.14. The molecule has 4 nitrogen and oxygen atoms in total. The van der Waals surface area contributed by atoms with Gasteiger partial charge in [0.2, 0.25) is 5.88 Å². The number of ether oxygens (including phenoxy) is 1. The molecule has 0 radical (unpaired) electrons. The van der Waals surface area contributed by atoms with E-state index in [1.165, 1.54) is 0 Å². The minimum Gasteiger partial charge on any atom is -0.495 e. The molecule has 0 aliphatic carbocycles. The Morgan fingerprint density at radius 2 is 2.15 bits per heavy atom. The van der Waals surface area contributed by atoms with Crippen LogP contribution in [0.1, 0.15) is 5.56 Å². The van der Waals surface area contributed by atoms with Crippen molar-refractivity contribution in [1.29, 1.82) is 0 Å². The van der Waals surface area contributed by atoms with Gasteiger partial charge in [-0.1, -0.05) is 35.0 Å². The normalized spacial score (nSPS) is 10.7. The molecule has 2 aromatic heterocycles. The van der Waals surface area contributed by atoms with Gasteiger partial charge in [0.15, 0.2) is 0 Å². The van der Waals surface area contributed by atoms with Crippen molar-refractivity contribution in [3.05, 3.63) is 41.3 Å². The number of aryl methyl sites for hydroxylation is 1. The summed E-state index contributed by atoms with van der Waals surface area (Å²) in [6, 6.07) is 10.0. The molecular formula is C15H14N2O2S. The van der Waals surface area contributed by atoms with Gasteiger partial charge in [0.25, 0.3) is 0 Å². The van der Waals surface area contributed by atoms with Gasteiger partial charge < -0.3 is 15.0 Å². The first-order valence-corrected chi connectivity index (χ1v) is 7.02. The lowest BCUT2D eigenvalue weighted by molar-refractivity contribution is 0.416. The molecule has 0 atom stereocenters. The number of aromatic nitrogens is 1. The highest BCUT2D eigenvalue weighted by Crippen LogP contribution is 2.42. The van der Waals surface area contributed by atoms with Crippen LogP contribution in [0.2, 0.25) is 0 Å². The third-order valence-corrected chi connectivity index (χ3v) is 3.99. The summed E-state index contributed by atoms with van der Waals surface area (Å²) in [4.78, 5) is 0.921. The van der Waals surface area contributed by atoms with E-state index in [1.807, 2.05) is 36.6 Å². The lowest BCUT2D eigenvalue weighted by Gasteiger charge is -2.04. The molecule has 0 fully saturated rings. The number of thiophene rings is 1. The molecular weight excluding hydrogens is 272 g/mol. The van der Waals surface area contributed by atoms with Crippen LogP contribution in [0.4, 0.5) is 5.88 Å². The van der Waals surface area contributed by atoms with Crippen molar-refractivity contribution in [2.45, 2.75) is 6.92 Å². The zero-order valence-electron chi connectivity index (χ0n) is 11.2. The minimum atomic E-state index is 0.320. The molecule has 3 aromatic rings. The van der Waals surface area contributed by atoms with E-state index in [-0.39, 0.29) is 0 Å². The lowest BCUT2D eigenvalue weighted by atomic mass is 10.0. The predicted octanol–water partition coefficient (Wildman–Crippen LogP) is 3.97. The first-order chi connectivity index (χ1) is 9.70. The number of nitrogen functional groups attached to an aromatic ring is 1. The van der Waals surface area contributed by atoms with E-state index in [4.69, 9.17) is 15.0 Å². The number of nitrogens with two attached hydrogens (primary N) is 1. The first kappa shape index (κ1) is 12.7. The van der Waals surface area contributed by atoms with Crippen molar-refractivity contribution in [2.24, 2.45) is 0 Å². The lowest BCUT2D eigenvalue weighted by Crippen LogP contribution is -1.89. The van der Waals surface area contributed by atoms with Crippen molar-refractivity contribution in [3.8, 4) is 27.4 Å². The van der Waals surface area contributed by atoms with Crippen LogP contribution in [-0.2, 0) is 0 Å². The van der Waals surface area contributed by atoms with Crippen molar-refractivity contribution in [2.75, 3.05) is 12.8 Å². The van der Waals surface area contributed by atoms with Crippen LogP contribution in [0.15, 0.2) is 40.2 Å². The molecule has 2 heterocycles. The molecule has 0 aliphatic rings. The van der Waals surface area contributed by atoms with E-state index in [0.29, 0.717) is 5.88 Å². The Hall–Kier alpha value is -2.27. The molecule has 2 N–H and O–H groups in total. The molecule has 3 rings (SSSR count). The van der Waals surface area contributed by atoms with Crippen LogP contribution in [0.5, 0.6) is 5.75 Å². The predicted molar refractivity (Wildman–Crippen MR) is 81.0 cm³/mol. The standard InChI is InChI=1S/C15H14N2O2S/c1-9-4-3-5-10(8-9)12-13(17-19-15(12)16)14-11(18-2)6-7-20-14/h3-8H,16H2,1-2H3. The van der Waals surface area contributed by atoms with Crippen molar-refractivity contribution in [3.63, 3.8) is 0 Å². The number of anilines is 1. The smallest absolute Gasteiger partial charge is 0.230 e. The number of hydrogen-bond donors (Lipinski definition) is 1. The van der Waals surface area contributed by atoms with Gasteiger partial charge in [-0.2, -0.15) is 0 Å². The van der Waals surface area contributed by atoms with Crippen molar-refractivity contribution < 1.29 is 9.26 Å². The summed E-state index contributed by atoms with van der Waals surface area (Å²) in [5, 5.41) is 6.06. The Morgan fingerprint density at radius 3 is 2.90 bits per heavy atom. The molecule has 0 amide bonds. The summed E-state index contributed by atoms with van der Waals surface area (Å²) in [6.07, 6.45) is 0. The van der Waals surface area contributed by atoms with Crippen molar-refractivity contribution in [1.82, 2.24) is 5.16 Å². The third kappa shape index (κ3) is 2.06. The highest BCUT2D eigenvalue weighted by Gasteiger charge is 2.21. The van der Waals surface area contributed by atoms with E-state index >= 15 is 0 Å². The highest BCUT2D eigenvalue weighted by atomic mass is 32.1. The minimum absolute atomic E-state index is 0.320. The Labute approximate surface area is 120 Å². The summed E-state index contributed by atoms with van der Waals surface area (Å²) in [5.74, 6) is 1.10. The van der Waals surface area contributed by atoms with Crippen LogP contribution in [-0.4, -0.2) is 12.3 Å². The van der Waals surface area contributed by atoms with Crippen LogP contribution in [0.25, 0.3) is 21.7 Å². The number of hydrogen-bond acceptors (Lipinski definition) is 5. The van der Waals surface area contributed by atoms with Gasteiger partial charge in [-0.05, 0) is 23.9 Å². The number of rotatable bonds is 3. The quantitative estimate of drug-likeness (QED) is 0.791. The third-order valence-electron chi connectivity index (χ3n) is 3.09. The van der Waals surface area contributed by atoms with Crippen LogP contribution in [0.3, 0.4) is 0 Å². The number of nitrogens with zero attached hydrogens (tertiary/aromatic N) is 1. The van der Waals surface area contributed by atoms with E-state index < -0.39 is 0 Å². The average Bonchev–Trinajstić information content (AvgIpc) is 3.04. The Kier molecular flexibility index (Phi) is 3.20. The molecule has 0 saturated heterocycles. The van der Waals surface area contributed by atoms with E-state index in [2.05, 4.69) is 11.2 Å². The second-order valence-electron chi connectivity index (χ2n) is 4.46. The number of methoxy groups -OCH3 is 1. The maximum Gasteiger partial charge on any atom is 0.230 e. The Morgan fingerprint density at radius 1 is 1.30 bits per heavy atom. The molecule has 0 bridgehead atoms. The van der Waals surface area contributed by atoms with Gasteiger partial charge in [-0.3, -0.25) is 0 Å². The van der Waals surface area contributed by atoms with Crippen LogP contribution < -0.4 is 10.5 Å². The second-order valence-corrected chi connectivity index (χ2v) is 5.37. The topological polar surface area (TPSA) is 61.3 Å². The molecule has 0 saturated carbocycles. The highest BCUT2D eigenvalue weighted by molar-refractivity contribution is 7.14. The molecule has 5 heteroatoms. The van der Waals surface area contributed by atoms with Gasteiger partial charge in [-0.25, -0.2) is 0 Å². The monoisotopic (exact) mass is 286 g/mol. The molecule has 0 spiro atoms. The summed E-state index contributed by atoms with van der Waals surface area (Å²) < 4.78 is 10.5. The zero-order chi connectivity index (χ0) is 14.1. The molecule has 0 aliphatic heterocycles. The maximum absolute atomic E-state index is 5.96. The zero-order valence-corrected chi connectivity index (χ0v) is 12.0. The SMILES string of the molecule is COc1ccsc1-c1noc(N)c1-c1cccc(C)c1. The fourth-order valence-corrected chi connectivity index (χ4v) is 3.01. The van der Waals surface area contributed by atoms with E-state index in [0.717, 1.165) is 33.0 Å². The largest absolute Gasteiger partial charge is 0.495 e. The average molecular weight is 286 g/mol. The summed E-state index contributed by atoms with van der Waals surface area (Å²) in [6.45, 7) is 2.04. The Bertz CT molecular complexity index is 746. The van der Waals surface area contributed by atoms with Crippen molar-refractivity contribution >= 4 is 17.2 Å². The van der Waals surface area contributed by atoms with E-state index in [1.54, 1.807) is 18.4 Å². The van der Waals surface area contributed by atoms with Gasteiger partial charge in [-0.15, -0.1) is 11.3 Å². The summed E-state index contributed by atoms with van der Waals surface area (Å²) >= 11 is 1.55. The van der Waals surface area contributed by atoms with Gasteiger partial charge >= 0.3 is 0 Å². The molecule has 0 unspecified atom stereocenters. The summed E-state index contributed by atoms with van der Waals surface area (Å²) in [7, 11) is 1.64. The second kappa shape index (κ2) is 5.02. The van der Waals surface area contributed by atoms with Crippen LogP contribution in [0, 0.1) is 6.92 Å². The van der Waals surface area contributed by atoms with Gasteiger partial charge in [0, 0.05) is 0 Å². The summed E-state index contributed by atoms with van der Waals surface area (Å²) in [5.41, 5.74) is 9.65. The van der Waals surface area contributed by atoms with Gasteiger partial charge in [0.1, 0.15) is 11.4 Å². The number of benzene rings is 1. The molecule has 102 valence electrons. The fraction of sp³-hybridized carbons (Fsp3) is 0.133. The molecule has 20 heavy (non-hydrogen) atoms. The van der Waals surface area contributed by atoms with Crippen LogP contribution >= 0.6 is 11.3 Å². The molecule has 1 aromatic carbocycles. The van der Waals surface area contributed by atoms with Gasteiger partial charge in [0.05, 0.1) is 17.6 Å². The maximum atomic E-state index is 5.96.